The van der Waals surface area contributed by atoms with E-state index in [2.05, 4.69) is 55.6 Å². The maximum absolute atomic E-state index is 12.9. The molecule has 0 fully saturated rings. The molecule has 0 radical (unpaired) electrons. The van der Waals surface area contributed by atoms with Crippen LogP contribution < -0.4 is 10.2 Å². The van der Waals surface area contributed by atoms with Crippen molar-refractivity contribution >= 4 is 13.7 Å². The summed E-state index contributed by atoms with van der Waals surface area (Å²) in [7, 11) is 1.23. The Kier molecular flexibility index (Phi) is 38.8. The second-order valence-electron chi connectivity index (χ2n) is 17.1. The van der Waals surface area contributed by atoms with Crippen LogP contribution in [0.1, 0.15) is 200 Å². The SMILES string of the molecule is CCCCCC/C=C\C/C=C\CCCCCCCCCC(=O)NC(COP(=O)([O-])OCC[N+](C)(C)C)C(O)/C=C/CC/C=C/CCCCCCCCCCCCC. The fourth-order valence-corrected chi connectivity index (χ4v) is 7.21. The normalized spacial score (nSPS) is 14.7. The lowest BCUT2D eigenvalue weighted by atomic mass is 10.1. The van der Waals surface area contributed by atoms with Gasteiger partial charge in [0.05, 0.1) is 39.9 Å². The maximum Gasteiger partial charge on any atom is 0.268 e. The van der Waals surface area contributed by atoms with Crippen LogP contribution in [0.4, 0.5) is 0 Å². The van der Waals surface area contributed by atoms with Gasteiger partial charge in [-0.15, -0.1) is 0 Å². The van der Waals surface area contributed by atoms with Crippen LogP contribution in [0.25, 0.3) is 0 Å². The highest BCUT2D eigenvalue weighted by Gasteiger charge is 2.23. The fraction of sp³-hybridized carbons (Fsp3) is 0.812. The Hall–Kier alpha value is -1.54. The zero-order valence-corrected chi connectivity index (χ0v) is 38.7. The maximum atomic E-state index is 12.9. The van der Waals surface area contributed by atoms with Crippen molar-refractivity contribution in [3.63, 3.8) is 0 Å². The predicted octanol–water partition coefficient (Wildman–Crippen LogP) is 12.6. The van der Waals surface area contributed by atoms with Gasteiger partial charge in [-0.3, -0.25) is 9.36 Å². The molecule has 0 aliphatic rings. The summed E-state index contributed by atoms with van der Waals surface area (Å²) in [6.45, 7) is 4.60. The van der Waals surface area contributed by atoms with E-state index in [1.165, 1.54) is 122 Å². The lowest BCUT2D eigenvalue weighted by molar-refractivity contribution is -0.870. The highest BCUT2D eigenvalue weighted by atomic mass is 31.2. The van der Waals surface area contributed by atoms with Crippen LogP contribution >= 0.6 is 7.82 Å². The number of phosphoric ester groups is 1. The van der Waals surface area contributed by atoms with Gasteiger partial charge in [0, 0.05) is 6.42 Å². The molecule has 334 valence electrons. The summed E-state index contributed by atoms with van der Waals surface area (Å²) in [6, 6.07) is -0.907. The minimum Gasteiger partial charge on any atom is -0.756 e. The molecule has 0 aromatic carbocycles. The Labute approximate surface area is 352 Å². The fourth-order valence-electron chi connectivity index (χ4n) is 6.49. The van der Waals surface area contributed by atoms with Crippen LogP contribution in [0.2, 0.25) is 0 Å². The first-order chi connectivity index (χ1) is 27.5. The average Bonchev–Trinajstić information content (AvgIpc) is 3.16. The Morgan fingerprint density at radius 3 is 1.54 bits per heavy atom. The third kappa shape index (κ3) is 42.4. The molecule has 0 heterocycles. The van der Waals surface area contributed by atoms with Crippen LogP contribution in [0.15, 0.2) is 48.6 Å². The van der Waals surface area contributed by atoms with Gasteiger partial charge in [-0.05, 0) is 64.2 Å². The summed E-state index contributed by atoms with van der Waals surface area (Å²) >= 11 is 0. The number of nitrogens with zero attached hydrogens (tertiary/aromatic N) is 1. The molecule has 1 amide bonds. The van der Waals surface area contributed by atoms with E-state index in [9.17, 15) is 19.4 Å². The second kappa shape index (κ2) is 39.9. The van der Waals surface area contributed by atoms with Gasteiger partial charge in [0.25, 0.3) is 7.82 Å². The minimum absolute atomic E-state index is 0.00917. The van der Waals surface area contributed by atoms with E-state index in [0.717, 1.165) is 57.8 Å². The number of carbonyl (C=O) groups excluding carboxylic acids is 1. The van der Waals surface area contributed by atoms with Crippen molar-refractivity contribution in [1.82, 2.24) is 5.32 Å². The number of quaternary nitrogens is 1. The Morgan fingerprint density at radius 1 is 0.614 bits per heavy atom. The van der Waals surface area contributed by atoms with E-state index in [-0.39, 0.29) is 12.5 Å². The minimum atomic E-state index is -4.60. The molecule has 0 bridgehead atoms. The Bertz CT molecular complexity index is 1070. The van der Waals surface area contributed by atoms with E-state index < -0.39 is 26.6 Å². The first-order valence-electron chi connectivity index (χ1n) is 23.5. The van der Waals surface area contributed by atoms with Gasteiger partial charge >= 0.3 is 0 Å². The summed E-state index contributed by atoms with van der Waals surface area (Å²) in [5, 5.41) is 13.8. The number of aliphatic hydroxyl groups is 1. The van der Waals surface area contributed by atoms with Crippen molar-refractivity contribution in [2.45, 2.75) is 212 Å². The number of amides is 1. The molecule has 0 saturated carbocycles. The molecule has 3 unspecified atom stereocenters. The van der Waals surface area contributed by atoms with Crippen LogP contribution in [-0.4, -0.2) is 68.5 Å². The first-order valence-corrected chi connectivity index (χ1v) is 25.0. The number of carbonyl (C=O) groups is 1. The lowest BCUT2D eigenvalue weighted by Crippen LogP contribution is -2.45. The first kappa shape index (κ1) is 55.5. The van der Waals surface area contributed by atoms with E-state index in [4.69, 9.17) is 9.05 Å². The molecule has 0 spiro atoms. The highest BCUT2D eigenvalue weighted by molar-refractivity contribution is 7.45. The molecular formula is C48H91N2O6P. The van der Waals surface area contributed by atoms with Gasteiger partial charge in [-0.1, -0.05) is 178 Å². The van der Waals surface area contributed by atoms with Gasteiger partial charge in [-0.2, -0.15) is 0 Å². The van der Waals surface area contributed by atoms with E-state index in [0.29, 0.717) is 17.4 Å². The zero-order valence-electron chi connectivity index (χ0n) is 37.8. The van der Waals surface area contributed by atoms with Gasteiger partial charge in [0.15, 0.2) is 0 Å². The van der Waals surface area contributed by atoms with Crippen molar-refractivity contribution in [1.29, 1.82) is 0 Å². The van der Waals surface area contributed by atoms with Crippen molar-refractivity contribution < 1.29 is 32.9 Å². The van der Waals surface area contributed by atoms with Crippen LogP contribution in [0, 0.1) is 0 Å². The number of likely N-dealkylation sites (N-methyl/N-ethyl adjacent to an activating group) is 1. The van der Waals surface area contributed by atoms with Crippen molar-refractivity contribution in [2.24, 2.45) is 0 Å². The van der Waals surface area contributed by atoms with E-state index >= 15 is 0 Å². The summed E-state index contributed by atoms with van der Waals surface area (Å²) < 4.78 is 23.2. The number of hydrogen-bond donors (Lipinski definition) is 2. The number of aliphatic hydroxyl groups excluding tert-OH is 1. The summed E-state index contributed by atoms with van der Waals surface area (Å²) in [4.78, 5) is 25.3. The quantitative estimate of drug-likeness (QED) is 0.0275. The van der Waals surface area contributed by atoms with Crippen molar-refractivity contribution in [3.8, 4) is 0 Å². The number of unbranched alkanes of at least 4 members (excludes halogenated alkanes) is 23. The molecule has 0 rings (SSSR count). The topological polar surface area (TPSA) is 108 Å². The number of nitrogens with one attached hydrogen (secondary N) is 1. The van der Waals surface area contributed by atoms with Crippen molar-refractivity contribution in [2.75, 3.05) is 40.9 Å². The van der Waals surface area contributed by atoms with E-state index in [1.54, 1.807) is 6.08 Å². The molecule has 0 aromatic rings. The molecule has 0 aliphatic heterocycles. The zero-order chi connectivity index (χ0) is 42.1. The molecule has 0 aliphatic carbocycles. The molecule has 2 N–H and O–H groups in total. The highest BCUT2D eigenvalue weighted by Crippen LogP contribution is 2.38. The Balaban J connectivity index is 4.46. The molecule has 3 atom stereocenters. The number of phosphoric acid groups is 1. The van der Waals surface area contributed by atoms with E-state index in [1.807, 2.05) is 27.2 Å². The van der Waals surface area contributed by atoms with Crippen molar-refractivity contribution in [3.05, 3.63) is 48.6 Å². The Morgan fingerprint density at radius 2 is 1.04 bits per heavy atom. The third-order valence-electron chi connectivity index (χ3n) is 10.3. The smallest absolute Gasteiger partial charge is 0.268 e. The predicted molar refractivity (Wildman–Crippen MR) is 242 cm³/mol. The number of hydrogen-bond acceptors (Lipinski definition) is 6. The molecule has 57 heavy (non-hydrogen) atoms. The molecule has 0 aromatic heterocycles. The van der Waals surface area contributed by atoms with Gasteiger partial charge < -0.3 is 28.8 Å². The number of allylic oxidation sites excluding steroid dienone is 7. The summed E-state index contributed by atoms with van der Waals surface area (Å²) in [5.41, 5.74) is 0. The third-order valence-corrected chi connectivity index (χ3v) is 11.2. The standard InChI is InChI=1S/C48H91N2O6P/c1-6-8-10-12-14-16-18-20-22-24-26-28-30-32-34-36-38-40-42-48(52)49-46(45-56-57(53,54)55-44-43-50(3,4)5)47(51)41-39-37-35-33-31-29-27-25-23-21-19-17-15-13-11-9-7-2/h16,18,22,24,31,33,39,41,46-47,51H,6-15,17,19-21,23,25-30,32,34-38,40,42-45H2,1-5H3,(H-,49,52,53,54)/b18-16-,24-22-,33-31+,41-39+. The molecule has 0 saturated heterocycles. The lowest BCUT2D eigenvalue weighted by Gasteiger charge is -2.29. The van der Waals surface area contributed by atoms with Gasteiger partial charge in [-0.25, -0.2) is 0 Å². The van der Waals surface area contributed by atoms with Gasteiger partial charge in [0.1, 0.15) is 13.2 Å². The average molecular weight is 823 g/mol. The molecule has 9 heteroatoms. The largest absolute Gasteiger partial charge is 0.756 e. The second-order valence-corrected chi connectivity index (χ2v) is 18.5. The summed E-state index contributed by atoms with van der Waals surface area (Å²) in [5.74, 6) is -0.216. The van der Waals surface area contributed by atoms with Gasteiger partial charge in [0.2, 0.25) is 5.91 Å². The van der Waals surface area contributed by atoms with Crippen LogP contribution in [0.3, 0.4) is 0 Å². The molecule has 8 nitrogen and oxygen atoms in total. The summed E-state index contributed by atoms with van der Waals surface area (Å²) in [6.07, 6.45) is 50.1. The van der Waals surface area contributed by atoms with Crippen LogP contribution in [0.5, 0.6) is 0 Å². The van der Waals surface area contributed by atoms with Crippen LogP contribution in [-0.2, 0) is 18.4 Å². The monoisotopic (exact) mass is 823 g/mol. The number of rotatable bonds is 42. The molecular weight excluding hydrogens is 732 g/mol.